The van der Waals surface area contributed by atoms with Crippen molar-refractivity contribution in [2.24, 2.45) is 5.73 Å². The minimum absolute atomic E-state index is 0.0225. The molecule has 0 saturated heterocycles. The van der Waals surface area contributed by atoms with E-state index in [1.54, 1.807) is 0 Å². The Hall–Kier alpha value is -2.15. The normalized spacial score (nSPS) is 12.7. The van der Waals surface area contributed by atoms with Gasteiger partial charge in [-0.05, 0) is 29.7 Å². The van der Waals surface area contributed by atoms with Crippen LogP contribution in [0.4, 0.5) is 0 Å². The number of nitrogens with zero attached hydrogens (tertiary/aromatic N) is 2. The summed E-state index contributed by atoms with van der Waals surface area (Å²) in [6, 6.07) is 18.6. The fourth-order valence-corrected chi connectivity index (χ4v) is 2.88. The maximum Gasteiger partial charge on any atom is 0.104 e. The van der Waals surface area contributed by atoms with Gasteiger partial charge in [0, 0.05) is 5.56 Å². The quantitative estimate of drug-likeness (QED) is 0.832. The van der Waals surface area contributed by atoms with E-state index in [4.69, 9.17) is 11.0 Å². The average molecular weight is 308 g/mol. The molecule has 0 aliphatic carbocycles. The van der Waals surface area contributed by atoms with E-state index in [0.29, 0.717) is 5.56 Å². The molecule has 120 valence electrons. The summed E-state index contributed by atoms with van der Waals surface area (Å²) < 4.78 is 0.808. The van der Waals surface area contributed by atoms with Crippen molar-refractivity contribution < 1.29 is 4.48 Å². The lowest BCUT2D eigenvalue weighted by Crippen LogP contribution is -2.44. The molecule has 0 fully saturated rings. The third-order valence-electron chi connectivity index (χ3n) is 4.20. The number of rotatable bonds is 6. The van der Waals surface area contributed by atoms with Crippen LogP contribution in [0.2, 0.25) is 0 Å². The zero-order chi connectivity index (χ0) is 16.9. The van der Waals surface area contributed by atoms with Crippen molar-refractivity contribution in [3.63, 3.8) is 0 Å². The fourth-order valence-electron chi connectivity index (χ4n) is 2.88. The van der Waals surface area contributed by atoms with Gasteiger partial charge in [0.05, 0.1) is 38.3 Å². The van der Waals surface area contributed by atoms with Gasteiger partial charge in [0.2, 0.25) is 0 Å². The minimum atomic E-state index is 0.0225. The second-order valence-corrected chi connectivity index (χ2v) is 6.79. The van der Waals surface area contributed by atoms with Crippen LogP contribution in [-0.2, 0) is 13.0 Å². The molecule has 2 aromatic rings. The molecule has 0 radical (unpaired) electrons. The monoisotopic (exact) mass is 308 g/mol. The van der Waals surface area contributed by atoms with Crippen molar-refractivity contribution in [2.45, 2.75) is 25.9 Å². The van der Waals surface area contributed by atoms with Crippen molar-refractivity contribution >= 4 is 0 Å². The number of quaternary nitrogens is 1. The summed E-state index contributed by atoms with van der Waals surface area (Å²) in [4.78, 5) is 0. The van der Waals surface area contributed by atoms with Crippen LogP contribution in [0.1, 0.15) is 35.2 Å². The number of likely N-dealkylation sites (N-methyl/N-ethyl adjacent to an activating group) is 1. The first-order chi connectivity index (χ1) is 10.9. The Bertz CT molecular complexity index is 664. The second-order valence-electron chi connectivity index (χ2n) is 6.79. The summed E-state index contributed by atoms with van der Waals surface area (Å²) in [5.74, 6) is 0. The number of nitriles is 1. The molecule has 0 bridgehead atoms. The predicted octanol–water partition coefficient (Wildman–Crippen LogP) is 3.40. The summed E-state index contributed by atoms with van der Waals surface area (Å²) in [6.07, 6.45) is 1.05. The molecule has 2 aromatic carbocycles. The summed E-state index contributed by atoms with van der Waals surface area (Å²) in [6.45, 7) is 3.92. The molecule has 0 spiro atoms. The standard InChI is InChI=1S/C20H26N3/c1-4-16-9-11-19(12-10-16)20(22)15-23(2,3)14-18-7-5-17(13-21)6-8-18/h5-12,20H,4,14-15,22H2,1-3H3/q+1. The van der Waals surface area contributed by atoms with Gasteiger partial charge < -0.3 is 10.2 Å². The number of benzene rings is 2. The summed E-state index contributed by atoms with van der Waals surface area (Å²) in [5, 5.41) is 8.87. The van der Waals surface area contributed by atoms with Gasteiger partial charge in [-0.3, -0.25) is 0 Å². The van der Waals surface area contributed by atoms with E-state index >= 15 is 0 Å². The molecular weight excluding hydrogens is 282 g/mol. The maximum atomic E-state index is 8.87. The minimum Gasteiger partial charge on any atom is -0.323 e. The Morgan fingerprint density at radius 2 is 1.57 bits per heavy atom. The Morgan fingerprint density at radius 1 is 1.00 bits per heavy atom. The van der Waals surface area contributed by atoms with Crippen molar-refractivity contribution in [1.29, 1.82) is 5.26 Å². The first-order valence-electron chi connectivity index (χ1n) is 8.09. The van der Waals surface area contributed by atoms with Crippen LogP contribution in [0.25, 0.3) is 0 Å². The van der Waals surface area contributed by atoms with Crippen molar-refractivity contribution in [3.05, 3.63) is 70.8 Å². The number of hydrogen-bond donors (Lipinski definition) is 1. The van der Waals surface area contributed by atoms with Crippen molar-refractivity contribution in [1.82, 2.24) is 0 Å². The smallest absolute Gasteiger partial charge is 0.104 e. The second kappa shape index (κ2) is 7.41. The van der Waals surface area contributed by atoms with Crippen LogP contribution in [-0.4, -0.2) is 25.1 Å². The van der Waals surface area contributed by atoms with Gasteiger partial charge in [0.15, 0.2) is 0 Å². The van der Waals surface area contributed by atoms with Gasteiger partial charge >= 0.3 is 0 Å². The SMILES string of the molecule is CCc1ccc(C(N)C[N+](C)(C)Cc2ccc(C#N)cc2)cc1. The molecule has 1 unspecified atom stereocenters. The van der Waals surface area contributed by atoms with E-state index in [1.165, 1.54) is 16.7 Å². The zero-order valence-electron chi connectivity index (χ0n) is 14.3. The van der Waals surface area contributed by atoms with E-state index in [0.717, 1.165) is 24.0 Å². The molecule has 0 amide bonds. The first kappa shape index (κ1) is 17.2. The molecule has 2 rings (SSSR count). The van der Waals surface area contributed by atoms with Crippen LogP contribution in [0.15, 0.2) is 48.5 Å². The third-order valence-corrected chi connectivity index (χ3v) is 4.20. The highest BCUT2D eigenvalue weighted by Gasteiger charge is 2.21. The van der Waals surface area contributed by atoms with E-state index in [1.807, 2.05) is 24.3 Å². The molecule has 0 aliphatic rings. The van der Waals surface area contributed by atoms with Gasteiger partial charge in [0.25, 0.3) is 0 Å². The summed E-state index contributed by atoms with van der Waals surface area (Å²) in [7, 11) is 4.39. The van der Waals surface area contributed by atoms with Crippen LogP contribution < -0.4 is 5.73 Å². The molecule has 0 aromatic heterocycles. The van der Waals surface area contributed by atoms with E-state index < -0.39 is 0 Å². The number of hydrogen-bond acceptors (Lipinski definition) is 2. The van der Waals surface area contributed by atoms with E-state index in [-0.39, 0.29) is 6.04 Å². The molecular formula is C20H26N3+. The van der Waals surface area contributed by atoms with Crippen LogP contribution >= 0.6 is 0 Å². The van der Waals surface area contributed by atoms with Crippen LogP contribution in [0.5, 0.6) is 0 Å². The first-order valence-corrected chi connectivity index (χ1v) is 8.09. The van der Waals surface area contributed by atoms with Crippen LogP contribution in [0, 0.1) is 11.3 Å². The topological polar surface area (TPSA) is 49.8 Å². The zero-order valence-corrected chi connectivity index (χ0v) is 14.3. The van der Waals surface area contributed by atoms with Gasteiger partial charge in [-0.25, -0.2) is 0 Å². The van der Waals surface area contributed by atoms with Crippen molar-refractivity contribution in [3.8, 4) is 6.07 Å². The van der Waals surface area contributed by atoms with Crippen molar-refractivity contribution in [2.75, 3.05) is 20.6 Å². The molecule has 0 saturated carbocycles. The van der Waals surface area contributed by atoms with Gasteiger partial charge in [0.1, 0.15) is 6.54 Å². The predicted molar refractivity (Wildman–Crippen MR) is 94.6 cm³/mol. The molecule has 2 N–H and O–H groups in total. The molecule has 3 nitrogen and oxygen atoms in total. The van der Waals surface area contributed by atoms with Gasteiger partial charge in [-0.15, -0.1) is 0 Å². The Morgan fingerprint density at radius 3 is 2.09 bits per heavy atom. The number of nitrogens with two attached hydrogens (primary N) is 1. The Labute approximate surface area is 139 Å². The van der Waals surface area contributed by atoms with E-state index in [9.17, 15) is 0 Å². The Balaban J connectivity index is 2.02. The molecule has 0 aliphatic heterocycles. The third kappa shape index (κ3) is 4.92. The molecule has 1 atom stereocenters. The van der Waals surface area contributed by atoms with Gasteiger partial charge in [-0.2, -0.15) is 5.26 Å². The molecule has 23 heavy (non-hydrogen) atoms. The lowest BCUT2D eigenvalue weighted by atomic mass is 10.0. The Kier molecular flexibility index (Phi) is 5.54. The highest BCUT2D eigenvalue weighted by atomic mass is 15.3. The highest BCUT2D eigenvalue weighted by molar-refractivity contribution is 5.31. The highest BCUT2D eigenvalue weighted by Crippen LogP contribution is 2.18. The summed E-state index contributed by atoms with van der Waals surface area (Å²) in [5.41, 5.74) is 10.9. The number of aryl methyl sites for hydroxylation is 1. The average Bonchev–Trinajstić information content (AvgIpc) is 2.54. The molecule has 0 heterocycles. The lowest BCUT2D eigenvalue weighted by molar-refractivity contribution is -0.905. The van der Waals surface area contributed by atoms with Gasteiger partial charge in [-0.1, -0.05) is 43.3 Å². The fraction of sp³-hybridized carbons (Fsp3) is 0.350. The van der Waals surface area contributed by atoms with E-state index in [2.05, 4.69) is 51.4 Å². The summed E-state index contributed by atoms with van der Waals surface area (Å²) >= 11 is 0. The van der Waals surface area contributed by atoms with Crippen LogP contribution in [0.3, 0.4) is 0 Å². The molecule has 3 heteroatoms. The largest absolute Gasteiger partial charge is 0.323 e. The maximum absolute atomic E-state index is 8.87. The lowest BCUT2D eigenvalue weighted by Gasteiger charge is -2.32.